The second-order valence-electron chi connectivity index (χ2n) is 37.0. The van der Waals surface area contributed by atoms with E-state index in [2.05, 4.69) is 95.4 Å². The minimum Gasteiger partial charge on any atom is -0.480 e. The molecule has 0 unspecified atom stereocenters. The number of carbonyl (C=O) groups is 18. The summed E-state index contributed by atoms with van der Waals surface area (Å²) in [5.41, 5.74) is 41.9. The first-order valence-electron chi connectivity index (χ1n) is 49.1. The fourth-order valence-electron chi connectivity index (χ4n) is 16.5. The van der Waals surface area contributed by atoms with Gasteiger partial charge in [0.2, 0.25) is 100 Å². The molecule has 816 valence electrons. The monoisotopic (exact) mass is 2130 g/mol. The van der Waals surface area contributed by atoms with Crippen LogP contribution < -0.4 is 131 Å². The Bertz CT molecular complexity index is 5140. The second kappa shape index (κ2) is 62.1. The van der Waals surface area contributed by atoms with Crippen LogP contribution in [0.1, 0.15) is 154 Å². The van der Waals surface area contributed by atoms with E-state index in [0.717, 1.165) is 35.3 Å². The van der Waals surface area contributed by atoms with Gasteiger partial charge < -0.3 is 160 Å². The number of hydrogen-bond donors (Lipinski definition) is 31. The number of hydrogen-bond acceptors (Lipinski definition) is 27. The summed E-state index contributed by atoms with van der Waals surface area (Å²) in [6.07, 6.45) is -2.05. The molecular weight excluding hydrogens is 1980 g/mol. The van der Waals surface area contributed by atoms with Crippen molar-refractivity contribution < 1.29 is 91.4 Å². The largest absolute Gasteiger partial charge is 0.480 e. The molecule has 3 aromatic rings. The van der Waals surface area contributed by atoms with Gasteiger partial charge in [0.1, 0.15) is 78.5 Å². The molecule has 0 saturated carbocycles. The number of benzene rings is 2. The van der Waals surface area contributed by atoms with Gasteiger partial charge in [0.05, 0.1) is 26.0 Å². The lowest BCUT2D eigenvalue weighted by atomic mass is 10.00. The average Bonchev–Trinajstić information content (AvgIpc) is 1.69. The van der Waals surface area contributed by atoms with E-state index in [1.54, 1.807) is 88.5 Å². The van der Waals surface area contributed by atoms with Gasteiger partial charge in [-0.25, -0.2) is 4.79 Å². The van der Waals surface area contributed by atoms with Crippen LogP contribution in [0.15, 0.2) is 60.8 Å². The van der Waals surface area contributed by atoms with Gasteiger partial charge in [-0.05, 0) is 119 Å². The number of fused-ring (bicyclic) bond motifs is 9. The van der Waals surface area contributed by atoms with Crippen molar-refractivity contribution in [1.29, 1.82) is 27.0 Å². The Balaban J connectivity index is 1.37. The number of nitrogens with two attached hydrogens (primary N) is 7. The van der Waals surface area contributed by atoms with Crippen LogP contribution in [0.25, 0.3) is 10.9 Å². The van der Waals surface area contributed by atoms with Crippen molar-refractivity contribution in [1.82, 2.24) is 115 Å². The smallest absolute Gasteiger partial charge is 0.326 e. The van der Waals surface area contributed by atoms with Gasteiger partial charge in [0, 0.05) is 129 Å². The molecule has 53 nitrogen and oxygen atoms in total. The summed E-state index contributed by atoms with van der Waals surface area (Å²) >= 11 is 2.85. The number of aliphatic carboxylic acids is 1. The van der Waals surface area contributed by atoms with Crippen LogP contribution in [0, 0.1) is 38.9 Å². The zero-order valence-electron chi connectivity index (χ0n) is 83.6. The van der Waals surface area contributed by atoms with Gasteiger partial charge in [-0.2, -0.15) is 35.3 Å². The number of carboxylic acid groups (broad SMARTS) is 1. The number of aromatic amines is 1. The van der Waals surface area contributed by atoms with Crippen LogP contribution in [-0.4, -0.2) is 344 Å². The maximum Gasteiger partial charge on any atom is 0.326 e. The van der Waals surface area contributed by atoms with Crippen LogP contribution in [0.2, 0.25) is 0 Å². The number of carbonyl (C=O) groups excluding carboxylic acids is 17. The van der Waals surface area contributed by atoms with E-state index in [1.807, 2.05) is 0 Å². The molecule has 2 aromatic carbocycles. The number of rotatable bonds is 37. The normalized spacial score (nSPS) is 22.4. The van der Waals surface area contributed by atoms with Crippen LogP contribution in [0.4, 0.5) is 0 Å². The van der Waals surface area contributed by atoms with Gasteiger partial charge in [-0.3, -0.25) is 109 Å². The molecule has 4 aliphatic rings. The Morgan fingerprint density at radius 3 is 1.45 bits per heavy atom. The summed E-state index contributed by atoms with van der Waals surface area (Å²) in [6, 6.07) is -6.67. The molecule has 56 heteroatoms. The third-order valence-electron chi connectivity index (χ3n) is 24.4. The maximum absolute atomic E-state index is 15.5. The molecule has 38 N–H and O–H groups in total. The molecule has 0 spiro atoms. The summed E-state index contributed by atoms with van der Waals surface area (Å²) in [6.45, 7) is 5.10. The van der Waals surface area contributed by atoms with Crippen LogP contribution in [0.3, 0.4) is 0 Å². The number of aromatic nitrogens is 1. The Kier molecular flexibility index (Phi) is 50.6. The number of H-pyrrole nitrogens is 1. The highest BCUT2D eigenvalue weighted by Gasteiger charge is 2.44. The van der Waals surface area contributed by atoms with Crippen LogP contribution in [-0.2, 0) is 99.1 Å². The highest BCUT2D eigenvalue weighted by molar-refractivity contribution is 7.99. The van der Waals surface area contributed by atoms with Crippen molar-refractivity contribution in [3.63, 3.8) is 0 Å². The molecule has 0 radical (unpaired) electrons. The van der Waals surface area contributed by atoms with E-state index < -0.39 is 284 Å². The van der Waals surface area contributed by atoms with E-state index in [0.29, 0.717) is 22.0 Å². The lowest BCUT2D eigenvalue weighted by molar-refractivity contribution is -0.158. The summed E-state index contributed by atoms with van der Waals surface area (Å²) < 4.78 is 0. The van der Waals surface area contributed by atoms with Gasteiger partial charge >= 0.3 is 5.97 Å². The zero-order valence-corrected chi connectivity index (χ0v) is 86.1. The lowest BCUT2D eigenvalue weighted by Crippen LogP contribution is -2.61. The molecule has 4 fully saturated rings. The number of amides is 17. The molecule has 1 aromatic heterocycles. The van der Waals surface area contributed by atoms with Crippen LogP contribution in [0.5, 0.6) is 0 Å². The third kappa shape index (κ3) is 41.6. The number of nitrogens with zero attached hydrogens (tertiary/aromatic N) is 4. The summed E-state index contributed by atoms with van der Waals surface area (Å²) in [4.78, 5) is 276. The highest BCUT2D eigenvalue weighted by atomic mass is 32.2. The SMILES string of the molecule is CC(C)C[C@@H]1NC(=O)[C@H](CCC(N)=O)NC(=O)[C@H](CCCNC(=N)N)NC(=O)[C@@H]2CSCCC(=O)N3CN(CN(C3)C(=O)CCSC[C@H](NC(=O)[C@@H](N)CCCNC(=N)N)C(=O)N[C@@H](Cc3ccccc3)C(=O)N[C@@H](CCCNC(=N)N)C(=O)N[C@@H](C(C)C)C(=O)N3CCC[C@H]3C(=O)N2)C(=O)CCSC[C@@H](C(=O)N[C@@H](CCCNC(=N)N)C(=O)N[C@@H](Cc2c[nH]c3ccccc23)C(=O)O)NC(=O)[C@H](CCCNC(=N)N)NC1=O. The maximum atomic E-state index is 15.5. The molecule has 4 bridgehead atoms. The van der Waals surface area contributed by atoms with Crippen LogP contribution >= 0.6 is 35.3 Å². The molecule has 5 heterocycles. The third-order valence-corrected chi connectivity index (χ3v) is 27.6. The molecule has 17 amide bonds. The highest BCUT2D eigenvalue weighted by Crippen LogP contribution is 2.26. The Hall–Kier alpha value is -14.2. The molecule has 14 atom stereocenters. The van der Waals surface area contributed by atoms with Crippen molar-refractivity contribution in [2.75, 3.05) is 93.8 Å². The van der Waals surface area contributed by atoms with Gasteiger partial charge in [0.25, 0.3) is 0 Å². The summed E-state index contributed by atoms with van der Waals surface area (Å²) in [5, 5.41) is 95.6. The van der Waals surface area contributed by atoms with Gasteiger partial charge in [-0.15, -0.1) is 0 Å². The lowest BCUT2D eigenvalue weighted by Gasteiger charge is -2.42. The van der Waals surface area contributed by atoms with E-state index >= 15 is 67.1 Å². The predicted molar refractivity (Wildman–Crippen MR) is 555 cm³/mol. The number of nitrogens with one attached hydrogen (secondary N) is 23. The number of para-hydroxylation sites is 1. The first-order valence-corrected chi connectivity index (χ1v) is 52.6. The standard InChI is InChI=1S/C92H146N34O19S3/c1-50(2)40-62-80(137)111-59(23-13-34-108-91(101)102)77(134)120-66(82(139)114-58(22-12-33-107-90(99)100)76(133)118-64(87(144)145)42-53-43-110-56-20-9-8-18-54(53)56)45-147-38-29-71(129)124-47-123-48-125(49-124)72(130)30-39-148-46-67(83(140)113-57(21-11-32-106-89(97)98)75(132)115-61(78(135)116-62)26-27-69(94)127)121-85(142)68-25-15-36-126(68)86(143)73(51(3)4)122-79(136)60(24-14-35-109-92(103)104)112-81(138)63(41-52-16-6-5-7-17-52)117-84(141)65(44-146-37-28-70(123)128)119-74(131)55(93)19-10-31-105-88(95)96/h5-9,16-18,20,43,50-51,55,57-68,73,110H,10-15,19,21-42,44-49,93H2,1-4H3,(H2,94,127)(H,111,137)(H,112,138)(H,113,140)(H,114,139)(H,115,132)(H,116,135)(H,117,141)(H,118,133)(H,119,131)(H,120,134)(H,121,142)(H,122,136)(H,144,145)(H4,95,96,105)(H4,97,98,106)(H4,99,100,107)(H4,101,102,108)(H4,103,104,109)/t55-,57-,58-,59-,60-,61-,62-,63-,64-,65-,66-,67-,68-,73-/m0/s1. The quantitative estimate of drug-likeness (QED) is 0.0145. The number of thioether (sulfide) groups is 3. The number of carboxylic acids is 1. The van der Waals surface area contributed by atoms with E-state index in [4.69, 9.17) is 67.2 Å². The van der Waals surface area contributed by atoms with E-state index in [1.165, 1.54) is 19.6 Å². The molecule has 4 saturated heterocycles. The number of primary amides is 1. The molecular formula is C92H146N34O19S3. The van der Waals surface area contributed by atoms with Crippen molar-refractivity contribution >= 4 is 182 Å². The first kappa shape index (κ1) is 121. The second-order valence-corrected chi connectivity index (χ2v) is 40.5. The Morgan fingerprint density at radius 2 is 0.932 bits per heavy atom. The topological polar surface area (TPSA) is 862 Å². The Labute approximate surface area is 869 Å². The Morgan fingerprint density at radius 1 is 0.480 bits per heavy atom. The first-order chi connectivity index (χ1) is 70.4. The minimum absolute atomic E-state index is 0.00681. The predicted octanol–water partition coefficient (Wildman–Crippen LogP) is -6.77. The summed E-state index contributed by atoms with van der Waals surface area (Å²) in [5.74, 6) is -22.1. The number of guanidine groups is 5. The van der Waals surface area contributed by atoms with Gasteiger partial charge in [0.15, 0.2) is 29.8 Å². The van der Waals surface area contributed by atoms with Crippen molar-refractivity contribution in [2.24, 2.45) is 52.0 Å². The summed E-state index contributed by atoms with van der Waals surface area (Å²) in [7, 11) is 0. The van der Waals surface area contributed by atoms with Crippen molar-refractivity contribution in [3.05, 3.63) is 71.9 Å². The fraction of sp³-hybridized carbons (Fsp3) is 0.598. The molecule has 0 aliphatic carbocycles. The fourth-order valence-corrected chi connectivity index (χ4v) is 19.4. The molecule has 148 heavy (non-hydrogen) atoms. The van der Waals surface area contributed by atoms with Gasteiger partial charge in [-0.1, -0.05) is 76.2 Å². The van der Waals surface area contributed by atoms with E-state index in [-0.39, 0.29) is 171 Å². The zero-order chi connectivity index (χ0) is 109. The van der Waals surface area contributed by atoms with Crippen molar-refractivity contribution in [3.8, 4) is 0 Å². The van der Waals surface area contributed by atoms with Crippen molar-refractivity contribution in [2.45, 2.75) is 241 Å². The van der Waals surface area contributed by atoms with E-state index in [9.17, 15) is 24.3 Å². The molecule has 7 rings (SSSR count). The average molecular weight is 2130 g/mol. The molecule has 4 aliphatic heterocycles. The minimum atomic E-state index is -1.78.